The summed E-state index contributed by atoms with van der Waals surface area (Å²) >= 11 is 10.8. The highest BCUT2D eigenvalue weighted by molar-refractivity contribution is 7.80. The molecule has 0 amide bonds. The van der Waals surface area contributed by atoms with Crippen LogP contribution in [0.4, 0.5) is 10.1 Å². The summed E-state index contributed by atoms with van der Waals surface area (Å²) in [5.74, 6) is -0.457. The summed E-state index contributed by atoms with van der Waals surface area (Å²) < 4.78 is 14.7. The lowest BCUT2D eigenvalue weighted by Crippen LogP contribution is -2.27. The van der Waals surface area contributed by atoms with Crippen molar-refractivity contribution in [2.75, 3.05) is 5.32 Å². The van der Waals surface area contributed by atoms with Crippen LogP contribution in [-0.2, 0) is 13.6 Å². The first kappa shape index (κ1) is 13.8. The van der Waals surface area contributed by atoms with Gasteiger partial charge in [0.2, 0.25) is 0 Å². The Labute approximate surface area is 120 Å². The maximum atomic E-state index is 13.0. The Bertz CT molecular complexity index is 599. The summed E-state index contributed by atoms with van der Waals surface area (Å²) in [5, 5.41) is 10.5. The van der Waals surface area contributed by atoms with Crippen LogP contribution < -0.4 is 10.6 Å². The van der Waals surface area contributed by atoms with Crippen molar-refractivity contribution in [1.82, 2.24) is 15.1 Å². The van der Waals surface area contributed by atoms with Gasteiger partial charge < -0.3 is 10.6 Å². The Morgan fingerprint density at radius 3 is 2.95 bits per heavy atom. The van der Waals surface area contributed by atoms with Gasteiger partial charge in [-0.25, -0.2) is 4.39 Å². The zero-order chi connectivity index (χ0) is 13.8. The molecular formula is C12H12ClFN4S. The number of hydrogen-bond acceptors (Lipinski definition) is 2. The Morgan fingerprint density at radius 2 is 2.32 bits per heavy atom. The molecule has 100 valence electrons. The number of nitrogens with one attached hydrogen (secondary N) is 2. The molecule has 0 saturated heterocycles. The molecule has 0 aliphatic carbocycles. The standard InChI is InChI=1S/C12H12ClFN4S/c1-18-7-8(6-16-18)5-15-12(19)17-9-2-3-11(14)10(13)4-9/h2-4,6-7H,5H2,1H3,(H2,15,17,19). The second kappa shape index (κ2) is 5.99. The summed E-state index contributed by atoms with van der Waals surface area (Å²) in [6.07, 6.45) is 3.65. The molecule has 0 atom stereocenters. The third kappa shape index (κ3) is 3.90. The minimum absolute atomic E-state index is 0.0556. The lowest BCUT2D eigenvalue weighted by Gasteiger charge is -2.10. The van der Waals surface area contributed by atoms with Crippen molar-refractivity contribution in [3.05, 3.63) is 47.0 Å². The molecule has 2 rings (SSSR count). The van der Waals surface area contributed by atoms with Gasteiger partial charge in [-0.2, -0.15) is 5.10 Å². The number of aromatic nitrogens is 2. The molecule has 1 heterocycles. The molecule has 4 nitrogen and oxygen atoms in total. The number of aryl methyl sites for hydroxylation is 1. The van der Waals surface area contributed by atoms with Crippen LogP contribution in [0.25, 0.3) is 0 Å². The van der Waals surface area contributed by atoms with Gasteiger partial charge in [-0.15, -0.1) is 0 Å². The normalized spacial score (nSPS) is 10.3. The van der Waals surface area contributed by atoms with E-state index in [2.05, 4.69) is 15.7 Å². The molecule has 0 spiro atoms. The summed E-state index contributed by atoms with van der Waals surface area (Å²) in [6, 6.07) is 4.34. The number of thiocarbonyl (C=S) groups is 1. The van der Waals surface area contributed by atoms with Crippen molar-refractivity contribution in [2.45, 2.75) is 6.54 Å². The molecule has 0 aliphatic heterocycles. The van der Waals surface area contributed by atoms with Gasteiger partial charge >= 0.3 is 0 Å². The van der Waals surface area contributed by atoms with Gasteiger partial charge in [0.1, 0.15) is 5.82 Å². The number of nitrogens with zero attached hydrogens (tertiary/aromatic N) is 2. The highest BCUT2D eigenvalue weighted by atomic mass is 35.5. The van der Waals surface area contributed by atoms with E-state index in [9.17, 15) is 4.39 Å². The minimum atomic E-state index is -0.457. The number of benzene rings is 1. The SMILES string of the molecule is Cn1cc(CNC(=S)Nc2ccc(F)c(Cl)c2)cn1. The lowest BCUT2D eigenvalue weighted by molar-refractivity contribution is 0.628. The van der Waals surface area contributed by atoms with Crippen molar-refractivity contribution >= 4 is 34.6 Å². The quantitative estimate of drug-likeness (QED) is 0.855. The van der Waals surface area contributed by atoms with E-state index in [1.165, 1.54) is 12.1 Å². The van der Waals surface area contributed by atoms with Gasteiger partial charge in [-0.3, -0.25) is 4.68 Å². The third-order valence-electron chi connectivity index (χ3n) is 2.39. The largest absolute Gasteiger partial charge is 0.358 e. The lowest BCUT2D eigenvalue weighted by atomic mass is 10.3. The van der Waals surface area contributed by atoms with E-state index in [4.69, 9.17) is 23.8 Å². The van der Waals surface area contributed by atoms with Gasteiger partial charge in [0.15, 0.2) is 5.11 Å². The highest BCUT2D eigenvalue weighted by Crippen LogP contribution is 2.19. The molecule has 1 aromatic heterocycles. The molecule has 1 aromatic carbocycles. The topological polar surface area (TPSA) is 41.9 Å². The van der Waals surface area contributed by atoms with Crippen LogP contribution in [0.15, 0.2) is 30.6 Å². The van der Waals surface area contributed by atoms with Gasteiger partial charge in [0, 0.05) is 31.0 Å². The zero-order valence-electron chi connectivity index (χ0n) is 10.2. The fourth-order valence-electron chi connectivity index (χ4n) is 1.49. The maximum absolute atomic E-state index is 13.0. The predicted molar refractivity (Wildman–Crippen MR) is 77.7 cm³/mol. The van der Waals surface area contributed by atoms with Crippen molar-refractivity contribution in [3.63, 3.8) is 0 Å². The number of halogens is 2. The molecule has 0 unspecified atom stereocenters. The summed E-state index contributed by atoms with van der Waals surface area (Å²) in [6.45, 7) is 0.564. The van der Waals surface area contributed by atoms with Crippen molar-refractivity contribution < 1.29 is 4.39 Å². The highest BCUT2D eigenvalue weighted by Gasteiger charge is 2.03. The Hall–Kier alpha value is -1.66. The van der Waals surface area contributed by atoms with Crippen LogP contribution in [0.2, 0.25) is 5.02 Å². The number of hydrogen-bond donors (Lipinski definition) is 2. The predicted octanol–water partition coefficient (Wildman–Crippen LogP) is 2.70. The third-order valence-corrected chi connectivity index (χ3v) is 2.92. The summed E-state index contributed by atoms with van der Waals surface area (Å²) in [5.41, 5.74) is 1.65. The molecule has 0 bridgehead atoms. The molecule has 0 fully saturated rings. The van der Waals surface area contributed by atoms with Crippen LogP contribution >= 0.6 is 23.8 Å². The maximum Gasteiger partial charge on any atom is 0.171 e. The van der Waals surface area contributed by atoms with Crippen LogP contribution in [0.3, 0.4) is 0 Å². The average Bonchev–Trinajstić information content (AvgIpc) is 2.77. The molecule has 0 radical (unpaired) electrons. The van der Waals surface area contributed by atoms with E-state index in [-0.39, 0.29) is 5.02 Å². The van der Waals surface area contributed by atoms with Gasteiger partial charge in [-0.1, -0.05) is 11.6 Å². The Morgan fingerprint density at radius 1 is 1.53 bits per heavy atom. The Balaban J connectivity index is 1.88. The fourth-order valence-corrected chi connectivity index (χ4v) is 1.87. The molecular weight excluding hydrogens is 287 g/mol. The molecule has 2 N–H and O–H groups in total. The van der Waals surface area contributed by atoms with E-state index >= 15 is 0 Å². The smallest absolute Gasteiger partial charge is 0.171 e. The Kier molecular flexibility index (Phi) is 4.34. The van der Waals surface area contributed by atoms with Gasteiger partial charge in [0.25, 0.3) is 0 Å². The van der Waals surface area contributed by atoms with E-state index in [1.807, 2.05) is 13.2 Å². The first-order valence-corrected chi connectivity index (χ1v) is 6.30. The van der Waals surface area contributed by atoms with E-state index < -0.39 is 5.82 Å². The summed E-state index contributed by atoms with van der Waals surface area (Å²) in [4.78, 5) is 0. The average molecular weight is 299 g/mol. The van der Waals surface area contributed by atoms with E-state index in [0.29, 0.717) is 17.3 Å². The van der Waals surface area contributed by atoms with Crippen molar-refractivity contribution in [1.29, 1.82) is 0 Å². The fraction of sp³-hybridized carbons (Fsp3) is 0.167. The van der Waals surface area contributed by atoms with Gasteiger partial charge in [-0.05, 0) is 30.4 Å². The zero-order valence-corrected chi connectivity index (χ0v) is 11.7. The second-order valence-electron chi connectivity index (χ2n) is 3.96. The van der Waals surface area contributed by atoms with Crippen LogP contribution in [0.1, 0.15) is 5.56 Å². The first-order valence-electron chi connectivity index (χ1n) is 5.52. The second-order valence-corrected chi connectivity index (χ2v) is 4.77. The molecule has 0 saturated carbocycles. The van der Waals surface area contributed by atoms with Crippen molar-refractivity contribution in [2.24, 2.45) is 7.05 Å². The monoisotopic (exact) mass is 298 g/mol. The first-order chi connectivity index (χ1) is 9.04. The molecule has 0 aliphatic rings. The van der Waals surface area contributed by atoms with Crippen LogP contribution in [0.5, 0.6) is 0 Å². The van der Waals surface area contributed by atoms with E-state index in [1.54, 1.807) is 16.9 Å². The van der Waals surface area contributed by atoms with Crippen LogP contribution in [0, 0.1) is 5.82 Å². The van der Waals surface area contributed by atoms with Crippen molar-refractivity contribution in [3.8, 4) is 0 Å². The van der Waals surface area contributed by atoms with E-state index in [0.717, 1.165) is 5.56 Å². The number of anilines is 1. The molecule has 2 aromatic rings. The van der Waals surface area contributed by atoms with Gasteiger partial charge in [0.05, 0.1) is 11.2 Å². The molecule has 19 heavy (non-hydrogen) atoms. The van der Waals surface area contributed by atoms with Crippen LogP contribution in [-0.4, -0.2) is 14.9 Å². The summed E-state index contributed by atoms with van der Waals surface area (Å²) in [7, 11) is 1.85. The minimum Gasteiger partial charge on any atom is -0.358 e. The molecule has 7 heteroatoms. The number of rotatable bonds is 3.